The zero-order valence-corrected chi connectivity index (χ0v) is 14.7. The van der Waals surface area contributed by atoms with Crippen molar-refractivity contribution in [2.45, 2.75) is 46.2 Å². The largest absolute Gasteiger partial charge is 0.355 e. The first-order valence-electron chi connectivity index (χ1n) is 7.64. The number of amides is 1. The van der Waals surface area contributed by atoms with Crippen molar-refractivity contribution in [2.24, 2.45) is 11.7 Å². The number of rotatable bonds is 8. The van der Waals surface area contributed by atoms with Gasteiger partial charge in [0.1, 0.15) is 0 Å². The summed E-state index contributed by atoms with van der Waals surface area (Å²) in [6.07, 6.45) is 0.888. The van der Waals surface area contributed by atoms with Crippen molar-refractivity contribution in [1.29, 1.82) is 0 Å². The molecule has 0 aliphatic heterocycles. The molecule has 2 atom stereocenters. The molecule has 1 rings (SSSR count). The summed E-state index contributed by atoms with van der Waals surface area (Å²) in [6.45, 7) is 9.46. The summed E-state index contributed by atoms with van der Waals surface area (Å²) in [5.74, 6) is 0.528. The van der Waals surface area contributed by atoms with Gasteiger partial charge in [0, 0.05) is 22.3 Å². The van der Waals surface area contributed by atoms with Gasteiger partial charge in [0.2, 0.25) is 5.91 Å². The van der Waals surface area contributed by atoms with Crippen molar-refractivity contribution in [3.63, 3.8) is 0 Å². The predicted octanol–water partition coefficient (Wildman–Crippen LogP) is 2.54. The first-order valence-corrected chi connectivity index (χ1v) is 8.45. The number of thiophene rings is 1. The van der Waals surface area contributed by atoms with Crippen LogP contribution in [0.25, 0.3) is 0 Å². The molecule has 5 heteroatoms. The van der Waals surface area contributed by atoms with E-state index in [2.05, 4.69) is 50.0 Å². The minimum atomic E-state index is 0.0333. The van der Waals surface area contributed by atoms with Gasteiger partial charge in [-0.25, -0.2) is 0 Å². The lowest BCUT2D eigenvalue weighted by molar-refractivity contribution is -0.122. The summed E-state index contributed by atoms with van der Waals surface area (Å²) in [5, 5.41) is 2.96. The maximum absolute atomic E-state index is 12.0. The fourth-order valence-electron chi connectivity index (χ4n) is 2.29. The lowest BCUT2D eigenvalue weighted by atomic mass is 10.0. The molecule has 1 aromatic heterocycles. The minimum absolute atomic E-state index is 0.0333. The third kappa shape index (κ3) is 5.77. The molecule has 0 bridgehead atoms. The highest BCUT2D eigenvalue weighted by molar-refractivity contribution is 7.12. The normalized spacial score (nSPS) is 14.5. The summed E-state index contributed by atoms with van der Waals surface area (Å²) >= 11 is 1.76. The van der Waals surface area contributed by atoms with Gasteiger partial charge in [0.25, 0.3) is 0 Å². The Morgan fingerprint density at radius 2 is 2.10 bits per heavy atom. The third-order valence-electron chi connectivity index (χ3n) is 3.50. The highest BCUT2D eigenvalue weighted by Crippen LogP contribution is 2.29. The fourth-order valence-corrected chi connectivity index (χ4v) is 3.41. The monoisotopic (exact) mass is 311 g/mol. The van der Waals surface area contributed by atoms with E-state index in [0.29, 0.717) is 12.5 Å². The molecule has 4 nitrogen and oxygen atoms in total. The van der Waals surface area contributed by atoms with Crippen molar-refractivity contribution in [2.75, 3.05) is 20.1 Å². The number of aryl methyl sites for hydroxylation is 1. The van der Waals surface area contributed by atoms with Crippen LogP contribution in [0, 0.1) is 12.8 Å². The van der Waals surface area contributed by atoms with E-state index >= 15 is 0 Å². The average Bonchev–Trinajstić information content (AvgIpc) is 2.82. The van der Waals surface area contributed by atoms with E-state index in [1.165, 1.54) is 9.75 Å². The van der Waals surface area contributed by atoms with E-state index in [9.17, 15) is 4.79 Å². The number of carbonyl (C=O) groups excluding carboxylic acids is 1. The molecule has 0 fully saturated rings. The van der Waals surface area contributed by atoms with E-state index < -0.39 is 0 Å². The molecule has 0 aromatic carbocycles. The molecule has 1 heterocycles. The third-order valence-corrected chi connectivity index (χ3v) is 4.58. The van der Waals surface area contributed by atoms with E-state index in [0.717, 1.165) is 13.0 Å². The summed E-state index contributed by atoms with van der Waals surface area (Å²) < 4.78 is 0. The number of hydrogen-bond acceptors (Lipinski definition) is 4. The summed E-state index contributed by atoms with van der Waals surface area (Å²) in [6, 6.07) is 4.37. The Bertz CT molecular complexity index is 444. The van der Waals surface area contributed by atoms with E-state index in [4.69, 9.17) is 5.73 Å². The van der Waals surface area contributed by atoms with Gasteiger partial charge in [0.05, 0.1) is 12.6 Å². The summed E-state index contributed by atoms with van der Waals surface area (Å²) in [5.41, 5.74) is 6.29. The smallest absolute Gasteiger partial charge is 0.234 e. The number of nitrogens with zero attached hydrogens (tertiary/aromatic N) is 1. The van der Waals surface area contributed by atoms with Gasteiger partial charge in [-0.1, -0.05) is 20.8 Å². The van der Waals surface area contributed by atoms with Crippen molar-refractivity contribution in [1.82, 2.24) is 10.2 Å². The molecule has 1 aromatic rings. The van der Waals surface area contributed by atoms with Gasteiger partial charge in [-0.2, -0.15) is 0 Å². The van der Waals surface area contributed by atoms with Crippen LogP contribution in [0.4, 0.5) is 0 Å². The fraction of sp³-hybridized carbons (Fsp3) is 0.688. The van der Waals surface area contributed by atoms with Gasteiger partial charge >= 0.3 is 0 Å². The second-order valence-corrected chi connectivity index (χ2v) is 7.40. The van der Waals surface area contributed by atoms with Crippen LogP contribution in [0.5, 0.6) is 0 Å². The summed E-state index contributed by atoms with van der Waals surface area (Å²) in [7, 11) is 1.98. The average molecular weight is 311 g/mol. The lowest BCUT2D eigenvalue weighted by Crippen LogP contribution is -2.43. The Hall–Kier alpha value is -0.910. The van der Waals surface area contributed by atoms with Crippen LogP contribution in [0.1, 0.15) is 43.0 Å². The maximum atomic E-state index is 12.0. The highest BCUT2D eigenvalue weighted by atomic mass is 32.1. The first kappa shape index (κ1) is 18.1. The van der Waals surface area contributed by atoms with E-state index in [1.807, 2.05) is 7.05 Å². The number of carbonyl (C=O) groups is 1. The zero-order valence-electron chi connectivity index (χ0n) is 13.8. The molecule has 21 heavy (non-hydrogen) atoms. The van der Waals surface area contributed by atoms with Crippen molar-refractivity contribution in [3.8, 4) is 0 Å². The standard InChI is InChI=1S/C16H29N3OS/c1-6-13(17)16(14-8-7-12(4)21-14)19(5)10-15(20)18-9-11(2)3/h7-8,11,13,16H,6,9-10,17H2,1-5H3,(H,18,20). The van der Waals surface area contributed by atoms with Gasteiger partial charge in [-0.3, -0.25) is 9.69 Å². The number of nitrogens with one attached hydrogen (secondary N) is 1. The molecule has 0 spiro atoms. The number of nitrogens with two attached hydrogens (primary N) is 1. The topological polar surface area (TPSA) is 58.4 Å². The molecule has 0 aliphatic carbocycles. The van der Waals surface area contributed by atoms with E-state index in [-0.39, 0.29) is 18.0 Å². The number of likely N-dealkylation sites (N-methyl/N-ethyl adjacent to an activating group) is 1. The van der Waals surface area contributed by atoms with Crippen molar-refractivity contribution in [3.05, 3.63) is 21.9 Å². The van der Waals surface area contributed by atoms with Crippen LogP contribution in [0.15, 0.2) is 12.1 Å². The summed E-state index contributed by atoms with van der Waals surface area (Å²) in [4.78, 5) is 16.6. The molecule has 0 saturated heterocycles. The quantitative estimate of drug-likeness (QED) is 0.775. The van der Waals surface area contributed by atoms with Crippen LogP contribution in [-0.2, 0) is 4.79 Å². The van der Waals surface area contributed by atoms with Crippen molar-refractivity contribution >= 4 is 17.2 Å². The zero-order chi connectivity index (χ0) is 16.0. The second-order valence-electron chi connectivity index (χ2n) is 6.08. The van der Waals surface area contributed by atoms with Crippen LogP contribution in [0.3, 0.4) is 0 Å². The predicted molar refractivity (Wildman–Crippen MR) is 90.5 cm³/mol. The highest BCUT2D eigenvalue weighted by Gasteiger charge is 2.25. The Labute approximate surface area is 132 Å². The Balaban J connectivity index is 2.72. The van der Waals surface area contributed by atoms with Gasteiger partial charge in [-0.15, -0.1) is 11.3 Å². The lowest BCUT2D eigenvalue weighted by Gasteiger charge is -2.31. The van der Waals surface area contributed by atoms with Crippen LogP contribution in [-0.4, -0.2) is 37.0 Å². The molecule has 120 valence electrons. The Morgan fingerprint density at radius 1 is 1.43 bits per heavy atom. The molecule has 2 unspecified atom stereocenters. The van der Waals surface area contributed by atoms with Crippen molar-refractivity contribution < 1.29 is 4.79 Å². The second kappa shape index (κ2) is 8.51. The molecular weight excluding hydrogens is 282 g/mol. The van der Waals surface area contributed by atoms with Gasteiger partial charge in [-0.05, 0) is 38.4 Å². The van der Waals surface area contributed by atoms with Crippen LogP contribution < -0.4 is 11.1 Å². The molecule has 0 saturated carbocycles. The first-order chi connectivity index (χ1) is 9.85. The van der Waals surface area contributed by atoms with E-state index in [1.54, 1.807) is 11.3 Å². The Morgan fingerprint density at radius 3 is 2.57 bits per heavy atom. The molecule has 1 amide bonds. The molecule has 3 N–H and O–H groups in total. The minimum Gasteiger partial charge on any atom is -0.355 e. The maximum Gasteiger partial charge on any atom is 0.234 e. The van der Waals surface area contributed by atoms with Crippen LogP contribution >= 0.6 is 11.3 Å². The SMILES string of the molecule is CCC(N)C(c1ccc(C)s1)N(C)CC(=O)NCC(C)C. The number of hydrogen-bond donors (Lipinski definition) is 2. The molecule has 0 radical (unpaired) electrons. The van der Waals surface area contributed by atoms with Gasteiger partial charge in [0.15, 0.2) is 0 Å². The van der Waals surface area contributed by atoms with Crippen LogP contribution in [0.2, 0.25) is 0 Å². The Kier molecular flexibility index (Phi) is 7.35. The molecule has 0 aliphatic rings. The van der Waals surface area contributed by atoms with Gasteiger partial charge < -0.3 is 11.1 Å². The molecular formula is C16H29N3OS.